The van der Waals surface area contributed by atoms with Gasteiger partial charge in [0, 0.05) is 12.1 Å². The summed E-state index contributed by atoms with van der Waals surface area (Å²) in [6, 6.07) is 3.79. The van der Waals surface area contributed by atoms with Crippen molar-refractivity contribution in [3.8, 4) is 11.5 Å². The molecule has 7 atom stereocenters. The predicted molar refractivity (Wildman–Crippen MR) is 151 cm³/mol. The molecule has 4 aliphatic rings. The standard InChI is InChI=1S/C31H37NO13/c1-15(33)27(36)32-12-9-22(34)44-21(29(39)42-16(2)28(37)38)14-23(35)43-20-8-11-31(40)18-5-4-10-30(31)24-17(13-18)6-7-19(41-3)25(24)45-26(20)30/h6-8,15-16,18,21,26,33,40H,4-5,9-14H2,1-3H3,(H,32,36)(H,37,38)/t15-,16-,18-,21-,26+,30+,31-/m0/s1. The van der Waals surface area contributed by atoms with Crippen LogP contribution in [0.2, 0.25) is 0 Å². The summed E-state index contributed by atoms with van der Waals surface area (Å²) in [6.45, 7) is 2.10. The highest BCUT2D eigenvalue weighted by Crippen LogP contribution is 2.67. The maximum absolute atomic E-state index is 13.3. The molecule has 4 N–H and O–H groups in total. The van der Waals surface area contributed by atoms with E-state index in [1.807, 2.05) is 12.1 Å². The molecule has 1 spiro atoms. The van der Waals surface area contributed by atoms with Crippen LogP contribution in [0.5, 0.6) is 11.5 Å². The number of esters is 3. The highest BCUT2D eigenvalue weighted by Gasteiger charge is 2.71. The van der Waals surface area contributed by atoms with E-state index in [0.29, 0.717) is 24.3 Å². The van der Waals surface area contributed by atoms with E-state index in [0.717, 1.165) is 30.9 Å². The van der Waals surface area contributed by atoms with Crippen LogP contribution in [0, 0.1) is 5.92 Å². The molecule has 5 rings (SSSR count). The van der Waals surface area contributed by atoms with Crippen LogP contribution in [0.3, 0.4) is 0 Å². The first-order valence-electron chi connectivity index (χ1n) is 14.9. The zero-order chi connectivity index (χ0) is 32.7. The molecular formula is C31H37NO13. The molecule has 3 aliphatic carbocycles. The smallest absolute Gasteiger partial charge is 0.348 e. The van der Waals surface area contributed by atoms with Gasteiger partial charge in [0.2, 0.25) is 12.0 Å². The molecule has 1 aromatic carbocycles. The summed E-state index contributed by atoms with van der Waals surface area (Å²) in [5.41, 5.74) is -0.139. The van der Waals surface area contributed by atoms with Gasteiger partial charge in [0.25, 0.3) is 0 Å². The zero-order valence-electron chi connectivity index (χ0n) is 25.2. The van der Waals surface area contributed by atoms with E-state index in [-0.39, 0.29) is 24.6 Å². The van der Waals surface area contributed by atoms with E-state index < -0.39 is 78.1 Å². The van der Waals surface area contributed by atoms with Crippen LogP contribution < -0.4 is 14.8 Å². The number of hydrogen-bond acceptors (Lipinski definition) is 12. The molecule has 1 saturated carbocycles. The average Bonchev–Trinajstić information content (AvgIpc) is 3.33. The Morgan fingerprint density at radius 1 is 1.13 bits per heavy atom. The summed E-state index contributed by atoms with van der Waals surface area (Å²) in [5.74, 6) is -4.37. The lowest BCUT2D eigenvalue weighted by molar-refractivity contribution is -0.179. The van der Waals surface area contributed by atoms with Gasteiger partial charge in [-0.3, -0.25) is 14.4 Å². The van der Waals surface area contributed by atoms with Crippen LogP contribution in [0.25, 0.3) is 0 Å². The maximum Gasteiger partial charge on any atom is 0.348 e. The molecule has 45 heavy (non-hydrogen) atoms. The number of carbonyl (C=O) groups is 5. The minimum atomic E-state index is -1.86. The van der Waals surface area contributed by atoms with Crippen molar-refractivity contribution in [3.63, 3.8) is 0 Å². The van der Waals surface area contributed by atoms with Gasteiger partial charge < -0.3 is 44.3 Å². The lowest BCUT2D eigenvalue weighted by Gasteiger charge is -2.59. The number of hydrogen-bond donors (Lipinski definition) is 4. The van der Waals surface area contributed by atoms with Crippen LogP contribution in [0.15, 0.2) is 24.0 Å². The van der Waals surface area contributed by atoms with Crippen LogP contribution >= 0.6 is 0 Å². The third-order valence-electron chi connectivity index (χ3n) is 9.24. The van der Waals surface area contributed by atoms with Crippen molar-refractivity contribution in [2.75, 3.05) is 13.7 Å². The molecule has 0 saturated heterocycles. The fraction of sp³-hybridized carbons (Fsp3) is 0.581. The van der Waals surface area contributed by atoms with Gasteiger partial charge in [0.15, 0.2) is 23.7 Å². The SMILES string of the molecule is COc1ccc2c3c1O[C@@H]1C(OC(=O)C[C@H](OC(=O)CCNC(=O)[C@H](C)O)C(=O)O[C@@H](C)C(=O)O)=CC[C@]4(O)[C@@H](CCC[C@@]314)C2. The molecule has 1 heterocycles. The van der Waals surface area contributed by atoms with E-state index in [2.05, 4.69) is 5.32 Å². The summed E-state index contributed by atoms with van der Waals surface area (Å²) in [4.78, 5) is 61.4. The zero-order valence-corrected chi connectivity index (χ0v) is 25.2. The van der Waals surface area contributed by atoms with Gasteiger partial charge in [-0.15, -0.1) is 0 Å². The number of aliphatic carboxylic acids is 1. The lowest BCUT2D eigenvalue weighted by Crippen LogP contribution is -2.67. The van der Waals surface area contributed by atoms with Crippen LogP contribution in [0.4, 0.5) is 0 Å². The molecule has 14 nitrogen and oxygen atoms in total. The lowest BCUT2D eigenvalue weighted by atomic mass is 9.47. The second kappa shape index (κ2) is 12.3. The number of nitrogens with one attached hydrogen (secondary N) is 1. The molecular weight excluding hydrogens is 594 g/mol. The Labute approximate surface area is 258 Å². The second-order valence-electron chi connectivity index (χ2n) is 11.9. The molecule has 1 amide bonds. The topological polar surface area (TPSA) is 204 Å². The average molecular weight is 632 g/mol. The van der Waals surface area contributed by atoms with Gasteiger partial charge in [-0.1, -0.05) is 12.5 Å². The number of ether oxygens (including phenoxy) is 5. The van der Waals surface area contributed by atoms with E-state index >= 15 is 0 Å². The van der Waals surface area contributed by atoms with Gasteiger partial charge >= 0.3 is 23.9 Å². The number of rotatable bonds is 12. The van der Waals surface area contributed by atoms with Crippen molar-refractivity contribution in [1.82, 2.24) is 5.32 Å². The number of methoxy groups -OCH3 is 1. The Kier molecular flexibility index (Phi) is 8.82. The molecule has 1 aromatic rings. The molecule has 0 radical (unpaired) electrons. The molecule has 0 aromatic heterocycles. The van der Waals surface area contributed by atoms with Gasteiger partial charge in [0.1, 0.15) is 11.9 Å². The quantitative estimate of drug-likeness (QED) is 0.187. The van der Waals surface area contributed by atoms with E-state index in [4.69, 9.17) is 28.8 Å². The molecule has 0 unspecified atom stereocenters. The number of amides is 1. The second-order valence-corrected chi connectivity index (χ2v) is 11.9. The van der Waals surface area contributed by atoms with Gasteiger partial charge in [0.05, 0.1) is 31.0 Å². The monoisotopic (exact) mass is 631 g/mol. The summed E-state index contributed by atoms with van der Waals surface area (Å²) in [6.07, 6.45) is -2.14. The fourth-order valence-electron chi connectivity index (χ4n) is 7.13. The first-order valence-corrected chi connectivity index (χ1v) is 14.9. The van der Waals surface area contributed by atoms with Gasteiger partial charge in [-0.25, -0.2) is 9.59 Å². The van der Waals surface area contributed by atoms with Crippen molar-refractivity contribution in [2.45, 2.75) is 94.2 Å². The number of carboxylic acids is 1. The van der Waals surface area contributed by atoms with Crippen molar-refractivity contribution in [1.29, 1.82) is 0 Å². The Hall–Kier alpha value is -4.17. The number of aliphatic hydroxyl groups excluding tert-OH is 1. The maximum atomic E-state index is 13.3. The summed E-state index contributed by atoms with van der Waals surface area (Å²) in [5, 5.41) is 32.9. The number of aliphatic hydroxyl groups is 2. The van der Waals surface area contributed by atoms with Crippen LogP contribution in [-0.4, -0.2) is 88.8 Å². The Morgan fingerprint density at radius 3 is 2.58 bits per heavy atom. The Balaban J connectivity index is 1.35. The minimum Gasteiger partial charge on any atom is -0.493 e. The molecule has 244 valence electrons. The van der Waals surface area contributed by atoms with Crippen molar-refractivity contribution >= 4 is 29.8 Å². The number of benzene rings is 1. The van der Waals surface area contributed by atoms with Crippen LogP contribution in [-0.2, 0) is 50.0 Å². The predicted octanol–water partition coefficient (Wildman–Crippen LogP) is 0.817. The Bertz CT molecular complexity index is 1440. The van der Waals surface area contributed by atoms with Gasteiger partial charge in [-0.2, -0.15) is 0 Å². The molecule has 2 bridgehead atoms. The number of carbonyl (C=O) groups excluding carboxylic acids is 4. The highest BCUT2D eigenvalue weighted by molar-refractivity contribution is 5.87. The largest absolute Gasteiger partial charge is 0.493 e. The fourth-order valence-corrected chi connectivity index (χ4v) is 7.13. The van der Waals surface area contributed by atoms with Crippen LogP contribution in [0.1, 0.15) is 63.5 Å². The first kappa shape index (κ1) is 32.2. The molecule has 1 fully saturated rings. The third kappa shape index (κ3) is 5.61. The third-order valence-corrected chi connectivity index (χ3v) is 9.24. The minimum absolute atomic E-state index is 0.0298. The Morgan fingerprint density at radius 2 is 1.89 bits per heavy atom. The van der Waals surface area contributed by atoms with E-state index in [9.17, 15) is 34.2 Å². The normalized spacial score (nSPS) is 27.4. The van der Waals surface area contributed by atoms with Crippen molar-refractivity contribution in [3.05, 3.63) is 35.1 Å². The van der Waals surface area contributed by atoms with Crippen molar-refractivity contribution < 1.29 is 63.0 Å². The molecule has 14 heteroatoms. The van der Waals surface area contributed by atoms with Gasteiger partial charge in [-0.05, 0) is 63.2 Å². The summed E-state index contributed by atoms with van der Waals surface area (Å²) >= 11 is 0. The summed E-state index contributed by atoms with van der Waals surface area (Å²) in [7, 11) is 1.52. The summed E-state index contributed by atoms with van der Waals surface area (Å²) < 4.78 is 27.8. The molecule has 1 aliphatic heterocycles. The van der Waals surface area contributed by atoms with E-state index in [1.54, 1.807) is 6.08 Å². The number of carboxylic acid groups (broad SMARTS) is 1. The van der Waals surface area contributed by atoms with Crippen molar-refractivity contribution in [2.24, 2.45) is 5.92 Å². The highest BCUT2D eigenvalue weighted by atomic mass is 16.6. The van der Waals surface area contributed by atoms with E-state index in [1.165, 1.54) is 14.0 Å². The first-order chi connectivity index (χ1) is 21.3.